The van der Waals surface area contributed by atoms with E-state index in [1.54, 1.807) is 61.9 Å². The van der Waals surface area contributed by atoms with Gasteiger partial charge in [0.05, 0.1) is 12.8 Å². The van der Waals surface area contributed by atoms with Gasteiger partial charge in [0.15, 0.2) is 5.78 Å². The molecule has 0 atom stereocenters. The first-order valence-corrected chi connectivity index (χ1v) is 8.44. The van der Waals surface area contributed by atoms with Gasteiger partial charge in [-0.1, -0.05) is 42.5 Å². The van der Waals surface area contributed by atoms with E-state index < -0.39 is 0 Å². The number of phenols is 1. The summed E-state index contributed by atoms with van der Waals surface area (Å²) in [6.07, 6.45) is 4.87. The third-order valence-corrected chi connectivity index (χ3v) is 3.96. The summed E-state index contributed by atoms with van der Waals surface area (Å²) >= 11 is 0. The van der Waals surface area contributed by atoms with Crippen LogP contribution in [-0.4, -0.2) is 24.2 Å². The number of nitrogens with zero attached hydrogens (tertiary/aromatic N) is 1. The van der Waals surface area contributed by atoms with Crippen LogP contribution in [0.1, 0.15) is 21.5 Å². The minimum atomic E-state index is -0.106. The molecule has 0 saturated carbocycles. The summed E-state index contributed by atoms with van der Waals surface area (Å²) in [6.45, 7) is 0. The Morgan fingerprint density at radius 2 is 1.78 bits per heavy atom. The third kappa shape index (κ3) is 4.92. The number of ketones is 1. The molecule has 0 bridgehead atoms. The smallest absolute Gasteiger partial charge is 0.185 e. The van der Waals surface area contributed by atoms with Crippen molar-refractivity contribution in [3.63, 3.8) is 0 Å². The number of para-hydroxylation sites is 1. The maximum absolute atomic E-state index is 12.4. The Morgan fingerprint density at radius 3 is 2.52 bits per heavy atom. The van der Waals surface area contributed by atoms with Crippen molar-refractivity contribution in [3.8, 4) is 11.5 Å². The van der Waals surface area contributed by atoms with E-state index in [1.807, 2.05) is 30.3 Å². The monoisotopic (exact) mass is 357 g/mol. The number of rotatable bonds is 6. The average Bonchev–Trinajstić information content (AvgIpc) is 2.72. The van der Waals surface area contributed by atoms with E-state index >= 15 is 0 Å². The summed E-state index contributed by atoms with van der Waals surface area (Å²) in [6, 6.07) is 21.5. The predicted octanol–water partition coefficient (Wildman–Crippen LogP) is 5.05. The summed E-state index contributed by atoms with van der Waals surface area (Å²) in [5.74, 6) is 0.829. The standard InChI is InChI=1S/C23H19NO3/c1-27-21-12-9-17(10-13-21)11-14-23(26)18-6-4-7-20(15-18)24-16-19-5-2-3-8-22(19)25/h2-16,25H,1H3/b14-11+,24-16?. The first-order valence-electron chi connectivity index (χ1n) is 8.44. The van der Waals surface area contributed by atoms with Crippen LogP contribution < -0.4 is 4.74 Å². The number of carbonyl (C=O) groups excluding carboxylic acids is 1. The first-order chi connectivity index (χ1) is 13.2. The highest BCUT2D eigenvalue weighted by atomic mass is 16.5. The summed E-state index contributed by atoms with van der Waals surface area (Å²) in [7, 11) is 1.61. The van der Waals surface area contributed by atoms with E-state index in [0.29, 0.717) is 16.8 Å². The number of ether oxygens (including phenoxy) is 1. The Bertz CT molecular complexity index is 989. The topological polar surface area (TPSA) is 58.9 Å². The van der Waals surface area contributed by atoms with Crippen molar-refractivity contribution < 1.29 is 14.6 Å². The van der Waals surface area contributed by atoms with Gasteiger partial charge in [0.1, 0.15) is 11.5 Å². The highest BCUT2D eigenvalue weighted by Gasteiger charge is 2.03. The summed E-state index contributed by atoms with van der Waals surface area (Å²) in [4.78, 5) is 16.8. The molecule has 4 nitrogen and oxygen atoms in total. The number of allylic oxidation sites excluding steroid dienone is 1. The lowest BCUT2D eigenvalue weighted by atomic mass is 10.1. The molecule has 134 valence electrons. The summed E-state index contributed by atoms with van der Waals surface area (Å²) in [5, 5.41) is 9.78. The number of methoxy groups -OCH3 is 1. The van der Waals surface area contributed by atoms with Crippen LogP contribution in [-0.2, 0) is 0 Å². The molecule has 0 radical (unpaired) electrons. The number of aromatic hydroxyl groups is 1. The number of hydrogen-bond donors (Lipinski definition) is 1. The van der Waals surface area contributed by atoms with Crippen molar-refractivity contribution in [2.24, 2.45) is 4.99 Å². The van der Waals surface area contributed by atoms with E-state index in [4.69, 9.17) is 4.74 Å². The molecule has 0 aliphatic carbocycles. The van der Waals surface area contributed by atoms with Gasteiger partial charge in [-0.3, -0.25) is 9.79 Å². The van der Waals surface area contributed by atoms with Gasteiger partial charge in [-0.05, 0) is 48.0 Å². The molecule has 1 N–H and O–H groups in total. The Labute approximate surface area is 158 Å². The van der Waals surface area contributed by atoms with Crippen LogP contribution in [0.3, 0.4) is 0 Å². The van der Waals surface area contributed by atoms with Gasteiger partial charge in [0.2, 0.25) is 0 Å². The molecule has 4 heteroatoms. The quantitative estimate of drug-likeness (QED) is 0.382. The molecule has 27 heavy (non-hydrogen) atoms. The molecular weight excluding hydrogens is 338 g/mol. The Hall–Kier alpha value is -3.66. The van der Waals surface area contributed by atoms with E-state index in [9.17, 15) is 9.90 Å². The molecule has 3 aromatic rings. The zero-order chi connectivity index (χ0) is 19.1. The van der Waals surface area contributed by atoms with E-state index in [-0.39, 0.29) is 11.5 Å². The SMILES string of the molecule is COc1ccc(/C=C/C(=O)c2cccc(N=Cc3ccccc3O)c2)cc1. The molecule has 3 aromatic carbocycles. The number of benzene rings is 3. The van der Waals surface area contributed by atoms with Crippen molar-refractivity contribution in [2.75, 3.05) is 7.11 Å². The zero-order valence-corrected chi connectivity index (χ0v) is 14.9. The van der Waals surface area contributed by atoms with Crippen LogP contribution in [0.15, 0.2) is 83.9 Å². The van der Waals surface area contributed by atoms with E-state index in [2.05, 4.69) is 4.99 Å². The van der Waals surface area contributed by atoms with Gasteiger partial charge in [-0.15, -0.1) is 0 Å². The van der Waals surface area contributed by atoms with Gasteiger partial charge in [-0.25, -0.2) is 0 Å². The molecule has 0 aliphatic rings. The van der Waals surface area contributed by atoms with Crippen LogP contribution in [0, 0.1) is 0 Å². The molecule has 0 spiro atoms. The molecular formula is C23H19NO3. The lowest BCUT2D eigenvalue weighted by Crippen LogP contribution is -1.93. The van der Waals surface area contributed by atoms with E-state index in [1.165, 1.54) is 6.08 Å². The van der Waals surface area contributed by atoms with Gasteiger partial charge in [0.25, 0.3) is 0 Å². The van der Waals surface area contributed by atoms with Crippen LogP contribution in [0.25, 0.3) is 6.08 Å². The number of phenolic OH excluding ortho intramolecular Hbond substituents is 1. The Balaban J connectivity index is 1.73. The summed E-state index contributed by atoms with van der Waals surface area (Å²) < 4.78 is 5.12. The van der Waals surface area contributed by atoms with Crippen LogP contribution in [0.2, 0.25) is 0 Å². The van der Waals surface area contributed by atoms with Crippen molar-refractivity contribution in [2.45, 2.75) is 0 Å². The van der Waals surface area contributed by atoms with Crippen LogP contribution >= 0.6 is 0 Å². The van der Waals surface area contributed by atoms with Gasteiger partial charge >= 0.3 is 0 Å². The second kappa shape index (κ2) is 8.63. The molecule has 0 unspecified atom stereocenters. The summed E-state index contributed by atoms with van der Waals surface area (Å²) in [5.41, 5.74) is 2.72. The molecule has 0 saturated heterocycles. The average molecular weight is 357 g/mol. The fourth-order valence-corrected chi connectivity index (χ4v) is 2.46. The molecule has 0 amide bonds. The van der Waals surface area contributed by atoms with E-state index in [0.717, 1.165) is 11.3 Å². The number of aliphatic imine (C=N–C) groups is 1. The highest BCUT2D eigenvalue weighted by Crippen LogP contribution is 2.18. The lowest BCUT2D eigenvalue weighted by Gasteiger charge is -2.01. The molecule has 0 fully saturated rings. The van der Waals surface area contributed by atoms with Gasteiger partial charge < -0.3 is 9.84 Å². The second-order valence-electron chi connectivity index (χ2n) is 5.84. The molecule has 3 rings (SSSR count). The third-order valence-electron chi connectivity index (χ3n) is 3.96. The zero-order valence-electron chi connectivity index (χ0n) is 14.9. The van der Waals surface area contributed by atoms with Crippen molar-refractivity contribution in [1.82, 2.24) is 0 Å². The van der Waals surface area contributed by atoms with Crippen molar-refractivity contribution in [1.29, 1.82) is 0 Å². The van der Waals surface area contributed by atoms with Crippen molar-refractivity contribution in [3.05, 3.63) is 95.6 Å². The Morgan fingerprint density at radius 1 is 1.00 bits per heavy atom. The van der Waals surface area contributed by atoms with Crippen LogP contribution in [0.4, 0.5) is 5.69 Å². The highest BCUT2D eigenvalue weighted by molar-refractivity contribution is 6.07. The molecule has 0 heterocycles. The van der Waals surface area contributed by atoms with Crippen molar-refractivity contribution >= 4 is 23.8 Å². The fourth-order valence-electron chi connectivity index (χ4n) is 2.46. The minimum absolute atomic E-state index is 0.106. The minimum Gasteiger partial charge on any atom is -0.507 e. The molecule has 0 aromatic heterocycles. The molecule has 0 aliphatic heterocycles. The maximum Gasteiger partial charge on any atom is 0.185 e. The number of hydrogen-bond acceptors (Lipinski definition) is 4. The Kier molecular flexibility index (Phi) is 5.80. The predicted molar refractivity (Wildman–Crippen MR) is 108 cm³/mol. The van der Waals surface area contributed by atoms with Gasteiger partial charge in [-0.2, -0.15) is 0 Å². The lowest BCUT2D eigenvalue weighted by molar-refractivity contribution is 0.104. The first kappa shape index (κ1) is 18.1. The van der Waals surface area contributed by atoms with Crippen LogP contribution in [0.5, 0.6) is 11.5 Å². The maximum atomic E-state index is 12.4. The van der Waals surface area contributed by atoms with Gasteiger partial charge in [0, 0.05) is 17.3 Å². The fraction of sp³-hybridized carbons (Fsp3) is 0.0435. The number of carbonyl (C=O) groups is 1. The normalized spacial score (nSPS) is 11.1. The largest absolute Gasteiger partial charge is 0.507 e. The second-order valence-corrected chi connectivity index (χ2v) is 5.84.